The first-order valence-corrected chi connectivity index (χ1v) is 6.96. The summed E-state index contributed by atoms with van der Waals surface area (Å²) in [5.41, 5.74) is 0.555. The first-order chi connectivity index (χ1) is 6.96. The Morgan fingerprint density at radius 3 is 2.07 bits per heavy atom. The van der Waals surface area contributed by atoms with Gasteiger partial charge in [-0.25, -0.2) is 0 Å². The molecule has 0 heterocycles. The second-order valence-electron chi connectivity index (χ2n) is 6.38. The molecule has 0 aromatic carbocycles. The summed E-state index contributed by atoms with van der Waals surface area (Å²) in [4.78, 5) is 0. The summed E-state index contributed by atoms with van der Waals surface area (Å²) in [6, 6.07) is 0. The largest absolute Gasteiger partial charge is 0.0654 e. The van der Waals surface area contributed by atoms with Crippen molar-refractivity contribution in [3.8, 4) is 0 Å². The van der Waals surface area contributed by atoms with E-state index >= 15 is 0 Å². The summed E-state index contributed by atoms with van der Waals surface area (Å²) in [6.07, 6.45) is 5.68. The van der Waals surface area contributed by atoms with Crippen LogP contribution in [0.5, 0.6) is 0 Å². The van der Waals surface area contributed by atoms with E-state index in [9.17, 15) is 0 Å². The summed E-state index contributed by atoms with van der Waals surface area (Å²) >= 11 is 0. The molecular formula is C15H30. The molecule has 0 aliphatic heterocycles. The van der Waals surface area contributed by atoms with Gasteiger partial charge in [0.05, 0.1) is 0 Å². The molecule has 90 valence electrons. The van der Waals surface area contributed by atoms with E-state index in [-0.39, 0.29) is 0 Å². The Morgan fingerprint density at radius 2 is 1.67 bits per heavy atom. The van der Waals surface area contributed by atoms with E-state index in [1.54, 1.807) is 0 Å². The summed E-state index contributed by atoms with van der Waals surface area (Å²) in [5.74, 6) is 3.92. The third-order valence-electron chi connectivity index (χ3n) is 5.04. The van der Waals surface area contributed by atoms with E-state index in [4.69, 9.17) is 0 Å². The average Bonchev–Trinajstić information content (AvgIpc) is 2.88. The van der Waals surface area contributed by atoms with Gasteiger partial charge in [-0.05, 0) is 35.5 Å². The van der Waals surface area contributed by atoms with Crippen molar-refractivity contribution in [3.05, 3.63) is 0 Å². The van der Waals surface area contributed by atoms with Crippen LogP contribution in [-0.4, -0.2) is 0 Å². The molecule has 0 heteroatoms. The second-order valence-corrected chi connectivity index (χ2v) is 6.38. The van der Waals surface area contributed by atoms with E-state index in [1.807, 2.05) is 0 Å². The summed E-state index contributed by atoms with van der Waals surface area (Å²) < 4.78 is 0. The molecule has 0 saturated heterocycles. The number of hydrogen-bond donors (Lipinski definition) is 0. The fourth-order valence-corrected chi connectivity index (χ4v) is 3.32. The van der Waals surface area contributed by atoms with Crippen LogP contribution in [0.25, 0.3) is 0 Å². The minimum Gasteiger partial charge on any atom is -0.0654 e. The lowest BCUT2D eigenvalue weighted by Gasteiger charge is -2.30. The zero-order chi connectivity index (χ0) is 11.6. The quantitative estimate of drug-likeness (QED) is 0.570. The summed E-state index contributed by atoms with van der Waals surface area (Å²) in [7, 11) is 0. The van der Waals surface area contributed by atoms with Gasteiger partial charge in [-0.15, -0.1) is 0 Å². The Labute approximate surface area is 96.8 Å². The van der Waals surface area contributed by atoms with Crippen molar-refractivity contribution in [2.24, 2.45) is 29.1 Å². The molecule has 1 fully saturated rings. The van der Waals surface area contributed by atoms with Gasteiger partial charge in [-0.2, -0.15) is 0 Å². The van der Waals surface area contributed by atoms with Gasteiger partial charge in [-0.3, -0.25) is 0 Å². The third-order valence-corrected chi connectivity index (χ3v) is 5.04. The Bertz CT molecular complexity index is 190. The molecule has 0 spiro atoms. The lowest BCUT2D eigenvalue weighted by Crippen LogP contribution is -2.23. The number of hydrogen-bond acceptors (Lipinski definition) is 0. The lowest BCUT2D eigenvalue weighted by atomic mass is 9.75. The van der Waals surface area contributed by atoms with E-state index in [0.717, 1.165) is 23.7 Å². The molecular weight excluding hydrogens is 180 g/mol. The van der Waals surface area contributed by atoms with Crippen molar-refractivity contribution in [1.82, 2.24) is 0 Å². The maximum Gasteiger partial charge on any atom is -0.0297 e. The van der Waals surface area contributed by atoms with Gasteiger partial charge in [0.2, 0.25) is 0 Å². The molecule has 1 aliphatic rings. The van der Waals surface area contributed by atoms with Crippen LogP contribution >= 0.6 is 0 Å². The molecule has 0 nitrogen and oxygen atoms in total. The van der Waals surface area contributed by atoms with Gasteiger partial charge in [-0.1, -0.05) is 60.8 Å². The topological polar surface area (TPSA) is 0 Å². The molecule has 1 aliphatic carbocycles. The Balaban J connectivity index is 2.55. The summed E-state index contributed by atoms with van der Waals surface area (Å²) in [5, 5.41) is 0. The van der Waals surface area contributed by atoms with Crippen LogP contribution in [0.4, 0.5) is 0 Å². The predicted octanol–water partition coefficient (Wildman–Crippen LogP) is 5.13. The van der Waals surface area contributed by atoms with Crippen LogP contribution in [0.15, 0.2) is 0 Å². The lowest BCUT2D eigenvalue weighted by molar-refractivity contribution is 0.186. The molecule has 1 saturated carbocycles. The first-order valence-electron chi connectivity index (χ1n) is 6.96. The van der Waals surface area contributed by atoms with Gasteiger partial charge in [0.1, 0.15) is 0 Å². The highest BCUT2D eigenvalue weighted by atomic mass is 14.6. The van der Waals surface area contributed by atoms with Crippen molar-refractivity contribution >= 4 is 0 Å². The second kappa shape index (κ2) is 4.89. The number of rotatable bonds is 6. The van der Waals surface area contributed by atoms with E-state index in [0.29, 0.717) is 5.41 Å². The maximum absolute atomic E-state index is 2.48. The molecule has 0 bridgehead atoms. The maximum atomic E-state index is 2.48. The van der Waals surface area contributed by atoms with E-state index < -0.39 is 0 Å². The monoisotopic (exact) mass is 210 g/mol. The molecule has 3 atom stereocenters. The van der Waals surface area contributed by atoms with Gasteiger partial charge >= 0.3 is 0 Å². The average molecular weight is 210 g/mol. The van der Waals surface area contributed by atoms with Gasteiger partial charge < -0.3 is 0 Å². The minimum absolute atomic E-state index is 0.555. The minimum atomic E-state index is 0.555. The predicted molar refractivity (Wildman–Crippen MR) is 68.9 cm³/mol. The first kappa shape index (κ1) is 13.1. The van der Waals surface area contributed by atoms with Crippen molar-refractivity contribution in [2.45, 2.75) is 67.2 Å². The third kappa shape index (κ3) is 2.57. The molecule has 15 heavy (non-hydrogen) atoms. The molecule has 0 radical (unpaired) electrons. The smallest absolute Gasteiger partial charge is 0.0297 e. The van der Waals surface area contributed by atoms with Gasteiger partial charge in [0.25, 0.3) is 0 Å². The van der Waals surface area contributed by atoms with Crippen LogP contribution in [0.1, 0.15) is 67.2 Å². The van der Waals surface area contributed by atoms with Crippen molar-refractivity contribution in [2.75, 3.05) is 0 Å². The molecule has 3 unspecified atom stereocenters. The van der Waals surface area contributed by atoms with E-state index in [1.165, 1.54) is 25.7 Å². The highest BCUT2D eigenvalue weighted by molar-refractivity contribution is 5.03. The fraction of sp³-hybridized carbons (Fsp3) is 1.00. The van der Waals surface area contributed by atoms with Crippen molar-refractivity contribution in [1.29, 1.82) is 0 Å². The Hall–Kier alpha value is 0. The summed E-state index contributed by atoms with van der Waals surface area (Å²) in [6.45, 7) is 14.4. The zero-order valence-corrected chi connectivity index (χ0v) is 11.6. The molecule has 1 rings (SSSR count). The zero-order valence-electron chi connectivity index (χ0n) is 11.6. The molecule has 0 aromatic heterocycles. The van der Waals surface area contributed by atoms with Crippen LogP contribution in [0, 0.1) is 29.1 Å². The SMILES string of the molecule is CCCCC1C(CC)C1C(C)(C)C(C)C. The highest BCUT2D eigenvalue weighted by Gasteiger charge is 2.55. The molecule has 0 aromatic rings. The van der Waals surface area contributed by atoms with Crippen molar-refractivity contribution in [3.63, 3.8) is 0 Å². The highest BCUT2D eigenvalue weighted by Crippen LogP contribution is 2.61. The van der Waals surface area contributed by atoms with Crippen LogP contribution in [0.2, 0.25) is 0 Å². The van der Waals surface area contributed by atoms with E-state index in [2.05, 4.69) is 41.5 Å². The van der Waals surface area contributed by atoms with Crippen LogP contribution in [-0.2, 0) is 0 Å². The molecule has 0 N–H and O–H groups in total. The molecule has 0 amide bonds. The van der Waals surface area contributed by atoms with Gasteiger partial charge in [0.15, 0.2) is 0 Å². The Morgan fingerprint density at radius 1 is 1.07 bits per heavy atom. The standard InChI is InChI=1S/C15H30/c1-7-9-10-13-12(8-2)14(13)15(5,6)11(3)4/h11-14H,7-10H2,1-6H3. The fourth-order valence-electron chi connectivity index (χ4n) is 3.32. The van der Waals surface area contributed by atoms with Crippen LogP contribution in [0.3, 0.4) is 0 Å². The van der Waals surface area contributed by atoms with Gasteiger partial charge in [0, 0.05) is 0 Å². The van der Waals surface area contributed by atoms with Crippen molar-refractivity contribution < 1.29 is 0 Å². The normalized spacial score (nSPS) is 31.0. The number of unbranched alkanes of at least 4 members (excludes halogenated alkanes) is 1. The Kier molecular flexibility index (Phi) is 4.26. The van der Waals surface area contributed by atoms with Crippen LogP contribution < -0.4 is 0 Å².